The van der Waals surface area contributed by atoms with Crippen LogP contribution in [0.15, 0.2) is 42.5 Å². The number of thiocarbonyl (C=S) groups is 1. The van der Waals surface area contributed by atoms with E-state index in [1.165, 1.54) is 18.9 Å². The Balaban J connectivity index is 1.78. The van der Waals surface area contributed by atoms with Crippen molar-refractivity contribution in [1.82, 2.24) is 10.2 Å². The summed E-state index contributed by atoms with van der Waals surface area (Å²) in [6.45, 7) is 3.81. The Morgan fingerprint density at radius 1 is 1.14 bits per heavy atom. The van der Waals surface area contributed by atoms with Crippen molar-refractivity contribution in [3.8, 4) is 5.75 Å². The van der Waals surface area contributed by atoms with Gasteiger partial charge in [0.1, 0.15) is 11.8 Å². The molecule has 1 aliphatic heterocycles. The molecule has 1 saturated heterocycles. The number of rotatable bonds is 10. The third kappa shape index (κ3) is 6.75. The largest absolute Gasteiger partial charge is 0.495 e. The minimum atomic E-state index is -0.902. The molecule has 3 rings (SSSR count). The number of methoxy groups -OCH3 is 1. The molecule has 196 valence electrons. The van der Waals surface area contributed by atoms with E-state index in [-0.39, 0.29) is 37.1 Å². The number of carbonyl (C=O) groups excluding carboxylic acids is 4. The maximum atomic E-state index is 13.5. The third-order valence-corrected chi connectivity index (χ3v) is 6.21. The van der Waals surface area contributed by atoms with Gasteiger partial charge < -0.3 is 25.0 Å². The summed E-state index contributed by atoms with van der Waals surface area (Å²) < 4.78 is 10.1. The van der Waals surface area contributed by atoms with Gasteiger partial charge in [0.25, 0.3) is 5.91 Å². The number of halogens is 1. The first-order valence-corrected chi connectivity index (χ1v) is 12.2. The minimum absolute atomic E-state index is 0.188. The van der Waals surface area contributed by atoms with E-state index in [4.69, 9.17) is 33.3 Å². The molecule has 1 unspecified atom stereocenters. The van der Waals surface area contributed by atoms with Crippen molar-refractivity contribution < 1.29 is 28.7 Å². The van der Waals surface area contributed by atoms with Crippen LogP contribution in [-0.4, -0.2) is 66.6 Å². The molecule has 2 aromatic rings. The van der Waals surface area contributed by atoms with Gasteiger partial charge in [0, 0.05) is 25.7 Å². The van der Waals surface area contributed by atoms with Crippen LogP contribution in [0.1, 0.15) is 30.6 Å². The van der Waals surface area contributed by atoms with Gasteiger partial charge in [0.2, 0.25) is 11.8 Å². The second-order valence-corrected chi connectivity index (χ2v) is 8.79. The Kier molecular flexibility index (Phi) is 9.42. The Labute approximate surface area is 224 Å². The normalized spacial score (nSPS) is 15.0. The van der Waals surface area contributed by atoms with Crippen LogP contribution in [0.2, 0.25) is 5.02 Å². The van der Waals surface area contributed by atoms with Crippen LogP contribution in [-0.2, 0) is 19.1 Å². The molecule has 2 aromatic carbocycles. The van der Waals surface area contributed by atoms with Crippen molar-refractivity contribution >= 4 is 64.0 Å². The Bertz CT molecular complexity index is 1210. The van der Waals surface area contributed by atoms with Crippen molar-refractivity contribution in [2.45, 2.75) is 26.3 Å². The fourth-order valence-electron chi connectivity index (χ4n) is 3.76. The van der Waals surface area contributed by atoms with Crippen LogP contribution < -0.4 is 20.3 Å². The highest BCUT2D eigenvalue weighted by molar-refractivity contribution is 7.80. The molecule has 0 aliphatic carbocycles. The molecule has 2 N–H and O–H groups in total. The Morgan fingerprint density at radius 3 is 2.43 bits per heavy atom. The van der Waals surface area contributed by atoms with Crippen LogP contribution in [0.25, 0.3) is 0 Å². The summed E-state index contributed by atoms with van der Waals surface area (Å²) >= 11 is 11.8. The molecule has 0 spiro atoms. The lowest BCUT2D eigenvalue weighted by Gasteiger charge is -2.24. The topological polar surface area (TPSA) is 117 Å². The number of hydrogen-bond acceptors (Lipinski definition) is 7. The van der Waals surface area contributed by atoms with Gasteiger partial charge in [-0.15, -0.1) is 0 Å². The van der Waals surface area contributed by atoms with E-state index < -0.39 is 23.8 Å². The zero-order chi connectivity index (χ0) is 27.1. The van der Waals surface area contributed by atoms with Gasteiger partial charge in [-0.05, 0) is 61.6 Å². The second-order valence-electron chi connectivity index (χ2n) is 8.02. The SMILES string of the molecule is CCOC(=O)c1ccc(NC(=O)CC2C(=O)N(c3ccc(OC)c(Cl)c3)C(=S)N2CCNC(C)=O)cc1. The predicted molar refractivity (Wildman–Crippen MR) is 143 cm³/mol. The van der Waals surface area contributed by atoms with E-state index in [0.717, 1.165) is 0 Å². The molecule has 1 aliphatic rings. The lowest BCUT2D eigenvalue weighted by Crippen LogP contribution is -2.42. The number of hydrogen-bond donors (Lipinski definition) is 2. The third-order valence-electron chi connectivity index (χ3n) is 5.50. The number of ether oxygens (including phenoxy) is 2. The summed E-state index contributed by atoms with van der Waals surface area (Å²) in [6, 6.07) is 10.2. The summed E-state index contributed by atoms with van der Waals surface area (Å²) in [5.41, 5.74) is 1.24. The summed E-state index contributed by atoms with van der Waals surface area (Å²) in [6.07, 6.45) is -0.195. The van der Waals surface area contributed by atoms with Gasteiger partial charge in [-0.25, -0.2) is 4.79 Å². The zero-order valence-corrected chi connectivity index (χ0v) is 22.1. The highest BCUT2D eigenvalue weighted by atomic mass is 35.5. The van der Waals surface area contributed by atoms with E-state index in [1.54, 1.807) is 54.3 Å². The van der Waals surface area contributed by atoms with Gasteiger partial charge in [-0.1, -0.05) is 11.6 Å². The Morgan fingerprint density at radius 2 is 1.84 bits per heavy atom. The number of benzene rings is 2. The number of carbonyl (C=O) groups is 4. The van der Waals surface area contributed by atoms with Gasteiger partial charge in [-0.2, -0.15) is 0 Å². The van der Waals surface area contributed by atoms with E-state index in [0.29, 0.717) is 27.7 Å². The van der Waals surface area contributed by atoms with Crippen LogP contribution in [0.3, 0.4) is 0 Å². The lowest BCUT2D eigenvalue weighted by molar-refractivity contribution is -0.124. The molecule has 0 aromatic heterocycles. The molecule has 1 heterocycles. The maximum absolute atomic E-state index is 13.5. The van der Waals surface area contributed by atoms with E-state index in [1.807, 2.05) is 0 Å². The molecule has 0 saturated carbocycles. The van der Waals surface area contributed by atoms with Gasteiger partial charge >= 0.3 is 5.97 Å². The van der Waals surface area contributed by atoms with Crippen molar-refractivity contribution in [2.75, 3.05) is 37.0 Å². The zero-order valence-electron chi connectivity index (χ0n) is 20.6. The molecule has 10 nitrogen and oxygen atoms in total. The van der Waals surface area contributed by atoms with Crippen LogP contribution in [0.4, 0.5) is 11.4 Å². The number of nitrogens with one attached hydrogen (secondary N) is 2. The van der Waals surface area contributed by atoms with Crippen LogP contribution >= 0.6 is 23.8 Å². The fraction of sp³-hybridized carbons (Fsp3) is 0.320. The second kappa shape index (κ2) is 12.5. The number of esters is 1. The summed E-state index contributed by atoms with van der Waals surface area (Å²) in [5, 5.41) is 5.90. The summed E-state index contributed by atoms with van der Waals surface area (Å²) in [4.78, 5) is 52.5. The minimum Gasteiger partial charge on any atom is -0.495 e. The lowest BCUT2D eigenvalue weighted by atomic mass is 10.1. The van der Waals surface area contributed by atoms with Crippen LogP contribution in [0.5, 0.6) is 5.75 Å². The summed E-state index contributed by atoms with van der Waals surface area (Å²) in [5.74, 6) is -1.07. The first-order valence-electron chi connectivity index (χ1n) is 11.5. The first kappa shape index (κ1) is 27.9. The molecule has 0 bridgehead atoms. The van der Waals surface area contributed by atoms with Gasteiger partial charge in [0.05, 0.1) is 36.4 Å². The maximum Gasteiger partial charge on any atom is 0.338 e. The van der Waals surface area contributed by atoms with E-state index >= 15 is 0 Å². The van der Waals surface area contributed by atoms with E-state index in [9.17, 15) is 19.2 Å². The van der Waals surface area contributed by atoms with Gasteiger partial charge in [-0.3, -0.25) is 19.3 Å². The highest BCUT2D eigenvalue weighted by Crippen LogP contribution is 2.33. The molecular formula is C25H27ClN4O6S. The number of amides is 3. The molecule has 12 heteroatoms. The van der Waals surface area contributed by atoms with Crippen LogP contribution in [0, 0.1) is 0 Å². The summed E-state index contributed by atoms with van der Waals surface area (Å²) in [7, 11) is 1.48. The molecule has 3 amide bonds. The molecule has 37 heavy (non-hydrogen) atoms. The number of nitrogens with zero attached hydrogens (tertiary/aromatic N) is 2. The quantitative estimate of drug-likeness (QED) is 0.345. The van der Waals surface area contributed by atoms with Crippen molar-refractivity contribution in [3.63, 3.8) is 0 Å². The Hall–Kier alpha value is -3.70. The van der Waals surface area contributed by atoms with Crippen molar-refractivity contribution in [2.24, 2.45) is 0 Å². The standard InChI is InChI=1S/C25H27ClN4O6S/c1-4-36-24(34)16-5-7-17(8-6-16)28-22(32)14-20-23(33)30(18-9-10-21(35-3)19(26)13-18)25(37)29(20)12-11-27-15(2)31/h5-10,13,20H,4,11-12,14H2,1-3H3,(H,27,31)(H,28,32). The highest BCUT2D eigenvalue weighted by Gasteiger charge is 2.44. The first-order chi connectivity index (χ1) is 17.7. The fourth-order valence-corrected chi connectivity index (χ4v) is 4.43. The number of anilines is 2. The molecular weight excluding hydrogens is 520 g/mol. The average Bonchev–Trinajstić information content (AvgIpc) is 3.08. The van der Waals surface area contributed by atoms with Crippen molar-refractivity contribution in [1.29, 1.82) is 0 Å². The molecule has 0 radical (unpaired) electrons. The monoisotopic (exact) mass is 546 g/mol. The van der Waals surface area contributed by atoms with Gasteiger partial charge in [0.15, 0.2) is 5.11 Å². The van der Waals surface area contributed by atoms with Crippen molar-refractivity contribution in [3.05, 3.63) is 53.1 Å². The molecule has 1 atom stereocenters. The smallest absolute Gasteiger partial charge is 0.338 e. The average molecular weight is 547 g/mol. The molecule has 1 fully saturated rings. The predicted octanol–water partition coefficient (Wildman–Crippen LogP) is 2.99. The van der Waals surface area contributed by atoms with E-state index in [2.05, 4.69) is 10.6 Å².